The Bertz CT molecular complexity index is 588. The second-order valence-electron chi connectivity index (χ2n) is 4.01. The summed E-state index contributed by atoms with van der Waals surface area (Å²) < 4.78 is 0. The number of anilines is 1. The lowest BCUT2D eigenvalue weighted by Gasteiger charge is -2.09. The van der Waals surface area contributed by atoms with Crippen LogP contribution in [-0.2, 0) is 4.79 Å². The van der Waals surface area contributed by atoms with Crippen molar-refractivity contribution >= 4 is 28.7 Å². The third-order valence-corrected chi connectivity index (χ3v) is 3.67. The van der Waals surface area contributed by atoms with Crippen LogP contribution in [0.2, 0.25) is 0 Å². The molecule has 0 saturated heterocycles. The molecule has 0 aliphatic rings. The van der Waals surface area contributed by atoms with Crippen LogP contribution in [0.1, 0.15) is 20.8 Å². The molecule has 0 aliphatic heterocycles. The molecule has 0 saturated carbocycles. The molecule has 1 heterocycles. The number of hydrogen-bond acceptors (Lipinski definition) is 3. The third-order valence-electron chi connectivity index (χ3n) is 2.80. The summed E-state index contributed by atoms with van der Waals surface area (Å²) in [4.78, 5) is 24.1. The van der Waals surface area contributed by atoms with Crippen molar-refractivity contribution in [3.63, 3.8) is 0 Å². The van der Waals surface area contributed by atoms with Crippen molar-refractivity contribution in [2.75, 3.05) is 5.32 Å². The highest BCUT2D eigenvalue weighted by molar-refractivity contribution is 7.13. The first-order valence-corrected chi connectivity index (χ1v) is 6.43. The second-order valence-corrected chi connectivity index (χ2v) is 4.96. The van der Waals surface area contributed by atoms with E-state index >= 15 is 0 Å². The van der Waals surface area contributed by atoms with Crippen molar-refractivity contribution in [1.82, 2.24) is 0 Å². The highest BCUT2D eigenvalue weighted by Gasteiger charge is 2.17. The van der Waals surface area contributed by atoms with Crippen molar-refractivity contribution in [2.24, 2.45) is 0 Å². The van der Waals surface area contributed by atoms with E-state index in [1.54, 1.807) is 23.6 Å². The van der Waals surface area contributed by atoms with E-state index in [9.17, 15) is 9.59 Å². The maximum atomic E-state index is 11.8. The average molecular weight is 259 g/mol. The molecule has 3 nitrogen and oxygen atoms in total. The Morgan fingerprint density at radius 2 is 1.89 bits per heavy atom. The summed E-state index contributed by atoms with van der Waals surface area (Å²) in [6.45, 7) is 3.88. The molecule has 0 spiro atoms. The van der Waals surface area contributed by atoms with Gasteiger partial charge in [0.1, 0.15) is 0 Å². The third kappa shape index (κ3) is 2.49. The minimum Gasteiger partial charge on any atom is -0.319 e. The molecule has 18 heavy (non-hydrogen) atoms. The first kappa shape index (κ1) is 12.5. The van der Waals surface area contributed by atoms with Gasteiger partial charge in [-0.05, 0) is 42.5 Å². The quantitative estimate of drug-likeness (QED) is 0.679. The van der Waals surface area contributed by atoms with Crippen LogP contribution in [-0.4, -0.2) is 11.7 Å². The molecule has 2 rings (SSSR count). The molecule has 4 heteroatoms. The van der Waals surface area contributed by atoms with Gasteiger partial charge in [-0.3, -0.25) is 9.59 Å². The topological polar surface area (TPSA) is 46.2 Å². The molecule has 1 aromatic carbocycles. The number of aryl methyl sites for hydroxylation is 1. The molecule has 0 unspecified atom stereocenters. The van der Waals surface area contributed by atoms with Gasteiger partial charge in [-0.1, -0.05) is 18.2 Å². The number of rotatable bonds is 3. The minimum atomic E-state index is -0.592. The van der Waals surface area contributed by atoms with Gasteiger partial charge in [0.05, 0.1) is 4.88 Å². The van der Waals surface area contributed by atoms with E-state index < -0.39 is 11.7 Å². The summed E-state index contributed by atoms with van der Waals surface area (Å²) in [5.41, 5.74) is 2.74. The lowest BCUT2D eigenvalue weighted by molar-refractivity contribution is -0.112. The normalized spacial score (nSPS) is 10.1. The average Bonchev–Trinajstić information content (AvgIpc) is 2.87. The van der Waals surface area contributed by atoms with Crippen molar-refractivity contribution in [3.05, 3.63) is 51.7 Å². The highest BCUT2D eigenvalue weighted by atomic mass is 32.1. The van der Waals surface area contributed by atoms with Gasteiger partial charge in [0.15, 0.2) is 0 Å². The maximum Gasteiger partial charge on any atom is 0.297 e. The van der Waals surface area contributed by atoms with E-state index in [1.165, 1.54) is 11.3 Å². The highest BCUT2D eigenvalue weighted by Crippen LogP contribution is 2.18. The first-order valence-electron chi connectivity index (χ1n) is 5.55. The number of Topliss-reactive ketones (excluding diaryl/α,β-unsaturated/α-hetero) is 1. The van der Waals surface area contributed by atoms with Crippen LogP contribution in [0.15, 0.2) is 35.7 Å². The Hall–Kier alpha value is -1.94. The predicted octanol–water partition coefficient (Wildman–Crippen LogP) is 3.19. The number of carbonyl (C=O) groups excluding carboxylic acids is 2. The molecule has 0 fully saturated rings. The van der Waals surface area contributed by atoms with Gasteiger partial charge >= 0.3 is 0 Å². The molecular weight excluding hydrogens is 246 g/mol. The van der Waals surface area contributed by atoms with Crippen LogP contribution in [0.25, 0.3) is 0 Å². The number of hydrogen-bond donors (Lipinski definition) is 1. The monoisotopic (exact) mass is 259 g/mol. The van der Waals surface area contributed by atoms with Crippen LogP contribution in [0.3, 0.4) is 0 Å². The van der Waals surface area contributed by atoms with Gasteiger partial charge in [0.25, 0.3) is 11.7 Å². The summed E-state index contributed by atoms with van der Waals surface area (Å²) in [6.07, 6.45) is 0. The molecule has 92 valence electrons. The van der Waals surface area contributed by atoms with Gasteiger partial charge in [0.2, 0.25) is 0 Å². The zero-order valence-electron chi connectivity index (χ0n) is 10.2. The van der Waals surface area contributed by atoms with E-state index in [0.717, 1.165) is 11.1 Å². The maximum absolute atomic E-state index is 11.8. The number of nitrogens with one attached hydrogen (secondary N) is 1. The van der Waals surface area contributed by atoms with Gasteiger partial charge in [-0.25, -0.2) is 0 Å². The van der Waals surface area contributed by atoms with E-state index in [4.69, 9.17) is 0 Å². The van der Waals surface area contributed by atoms with Crippen molar-refractivity contribution in [3.8, 4) is 0 Å². The molecule has 1 amide bonds. The predicted molar refractivity (Wildman–Crippen MR) is 73.2 cm³/mol. The fourth-order valence-corrected chi connectivity index (χ4v) is 2.25. The van der Waals surface area contributed by atoms with Gasteiger partial charge < -0.3 is 5.32 Å². The Kier molecular flexibility index (Phi) is 3.58. The van der Waals surface area contributed by atoms with E-state index in [1.807, 2.05) is 26.0 Å². The summed E-state index contributed by atoms with van der Waals surface area (Å²) >= 11 is 1.27. The van der Waals surface area contributed by atoms with Gasteiger partial charge in [0, 0.05) is 5.69 Å². The zero-order chi connectivity index (χ0) is 13.1. The van der Waals surface area contributed by atoms with Crippen molar-refractivity contribution in [2.45, 2.75) is 13.8 Å². The Morgan fingerprint density at radius 1 is 1.11 bits per heavy atom. The Balaban J connectivity index is 2.17. The summed E-state index contributed by atoms with van der Waals surface area (Å²) in [5, 5.41) is 4.43. The first-order chi connectivity index (χ1) is 8.59. The fraction of sp³-hybridized carbons (Fsp3) is 0.143. The molecule has 2 aromatic rings. The smallest absolute Gasteiger partial charge is 0.297 e. The molecular formula is C14H13NO2S. The molecule has 1 aromatic heterocycles. The van der Waals surface area contributed by atoms with Crippen LogP contribution in [0.4, 0.5) is 5.69 Å². The van der Waals surface area contributed by atoms with E-state index in [-0.39, 0.29) is 0 Å². The number of ketones is 1. The largest absolute Gasteiger partial charge is 0.319 e. The van der Waals surface area contributed by atoms with Gasteiger partial charge in [-0.15, -0.1) is 11.3 Å². The number of benzene rings is 1. The lowest BCUT2D eigenvalue weighted by Crippen LogP contribution is -2.22. The molecule has 0 aliphatic carbocycles. The van der Waals surface area contributed by atoms with Crippen molar-refractivity contribution in [1.29, 1.82) is 0 Å². The van der Waals surface area contributed by atoms with Crippen LogP contribution < -0.4 is 5.32 Å². The lowest BCUT2D eigenvalue weighted by atomic mass is 10.1. The second kappa shape index (κ2) is 5.14. The minimum absolute atomic E-state index is 0.456. The van der Waals surface area contributed by atoms with E-state index in [2.05, 4.69) is 5.32 Å². The number of thiophene rings is 1. The summed E-state index contributed by atoms with van der Waals surface area (Å²) in [6, 6.07) is 9.01. The van der Waals surface area contributed by atoms with Crippen LogP contribution in [0, 0.1) is 13.8 Å². The zero-order valence-corrected chi connectivity index (χ0v) is 11.0. The molecule has 1 N–H and O–H groups in total. The molecule has 0 bridgehead atoms. The van der Waals surface area contributed by atoms with Crippen LogP contribution in [0.5, 0.6) is 0 Å². The number of carbonyl (C=O) groups is 2. The Labute approximate surface area is 109 Å². The standard InChI is InChI=1S/C14H13NO2S/c1-9-5-3-6-11(10(9)2)15-14(17)13(16)12-7-4-8-18-12/h3-8H,1-2H3,(H,15,17). The number of amides is 1. The van der Waals surface area contributed by atoms with E-state index in [0.29, 0.717) is 10.6 Å². The van der Waals surface area contributed by atoms with Crippen molar-refractivity contribution < 1.29 is 9.59 Å². The molecule has 0 radical (unpaired) electrons. The molecule has 0 atom stereocenters. The Morgan fingerprint density at radius 3 is 2.56 bits per heavy atom. The summed E-state index contributed by atoms with van der Waals surface area (Å²) in [5.74, 6) is -1.09. The SMILES string of the molecule is Cc1cccc(NC(=O)C(=O)c2cccs2)c1C. The van der Waals surface area contributed by atoms with Crippen LogP contribution >= 0.6 is 11.3 Å². The summed E-state index contributed by atoms with van der Waals surface area (Å²) in [7, 11) is 0. The fourth-order valence-electron chi connectivity index (χ4n) is 1.59. The van der Waals surface area contributed by atoms with Gasteiger partial charge in [-0.2, -0.15) is 0 Å².